The minimum atomic E-state index is -0.546. The summed E-state index contributed by atoms with van der Waals surface area (Å²) in [5.41, 5.74) is 0. The molecule has 0 aromatic heterocycles. The number of aliphatic hydroxyl groups excluding tert-OH is 2. The summed E-state index contributed by atoms with van der Waals surface area (Å²) >= 11 is 0. The molecule has 0 saturated carbocycles. The second-order valence-corrected chi connectivity index (χ2v) is 6.02. The van der Waals surface area contributed by atoms with Gasteiger partial charge in [0.05, 0.1) is 13.2 Å². The molecule has 1 atom stereocenters. The standard InChI is InChI=1S/C18H36O5/c19-12-8-4-2-1-3-6-10-14-22-16-18(21)17-23-15-11-7-5-9-13-20/h12,18,20-21H,1-11,13-17H2. The average Bonchev–Trinajstić information content (AvgIpc) is 2.55. The fourth-order valence-electron chi connectivity index (χ4n) is 2.30. The predicted molar refractivity (Wildman–Crippen MR) is 91.6 cm³/mol. The highest BCUT2D eigenvalue weighted by atomic mass is 16.5. The van der Waals surface area contributed by atoms with Crippen LogP contribution in [0.15, 0.2) is 0 Å². The van der Waals surface area contributed by atoms with Crippen LogP contribution < -0.4 is 0 Å². The van der Waals surface area contributed by atoms with Crippen LogP contribution in [0.2, 0.25) is 0 Å². The molecule has 0 spiro atoms. The fraction of sp³-hybridized carbons (Fsp3) is 0.944. The summed E-state index contributed by atoms with van der Waals surface area (Å²) in [5.74, 6) is 0. The van der Waals surface area contributed by atoms with Gasteiger partial charge in [-0.25, -0.2) is 0 Å². The van der Waals surface area contributed by atoms with Gasteiger partial charge in [-0.05, 0) is 25.7 Å². The Morgan fingerprint density at radius 1 is 0.739 bits per heavy atom. The predicted octanol–water partition coefficient (Wildman–Crippen LogP) is 2.86. The van der Waals surface area contributed by atoms with Gasteiger partial charge in [0.25, 0.3) is 0 Å². The van der Waals surface area contributed by atoms with Gasteiger partial charge in [-0.2, -0.15) is 0 Å². The molecule has 5 nitrogen and oxygen atoms in total. The first-order chi connectivity index (χ1) is 11.3. The van der Waals surface area contributed by atoms with Crippen LogP contribution in [0, 0.1) is 0 Å². The molecule has 1 unspecified atom stereocenters. The summed E-state index contributed by atoms with van der Waals surface area (Å²) in [6, 6.07) is 0. The summed E-state index contributed by atoms with van der Waals surface area (Å²) in [4.78, 5) is 10.1. The van der Waals surface area contributed by atoms with Crippen LogP contribution in [-0.2, 0) is 14.3 Å². The van der Waals surface area contributed by atoms with Gasteiger partial charge in [0.15, 0.2) is 0 Å². The molecule has 0 amide bonds. The highest BCUT2D eigenvalue weighted by Gasteiger charge is 2.04. The molecule has 2 N–H and O–H groups in total. The number of unbranched alkanes of at least 4 members (excludes halogenated alkanes) is 9. The van der Waals surface area contributed by atoms with Gasteiger partial charge in [0.2, 0.25) is 0 Å². The summed E-state index contributed by atoms with van der Waals surface area (Å²) in [7, 11) is 0. The lowest BCUT2D eigenvalue weighted by molar-refractivity contribution is -0.107. The molecule has 0 bridgehead atoms. The van der Waals surface area contributed by atoms with Crippen molar-refractivity contribution < 1.29 is 24.5 Å². The number of carbonyl (C=O) groups excluding carboxylic acids is 1. The van der Waals surface area contributed by atoms with E-state index >= 15 is 0 Å². The zero-order valence-corrected chi connectivity index (χ0v) is 14.6. The zero-order chi connectivity index (χ0) is 17.0. The first-order valence-electron chi connectivity index (χ1n) is 9.19. The smallest absolute Gasteiger partial charge is 0.119 e. The van der Waals surface area contributed by atoms with E-state index in [9.17, 15) is 9.90 Å². The van der Waals surface area contributed by atoms with E-state index in [0.717, 1.165) is 57.7 Å². The highest BCUT2D eigenvalue weighted by Crippen LogP contribution is 2.06. The van der Waals surface area contributed by atoms with E-state index in [1.165, 1.54) is 12.8 Å². The number of aliphatic hydroxyl groups is 2. The molecule has 0 aromatic carbocycles. The minimum absolute atomic E-state index is 0.261. The van der Waals surface area contributed by atoms with E-state index in [4.69, 9.17) is 14.6 Å². The third-order valence-electron chi connectivity index (χ3n) is 3.68. The molecule has 0 aliphatic heterocycles. The molecule has 138 valence electrons. The number of ether oxygens (including phenoxy) is 2. The number of aldehydes is 1. The topological polar surface area (TPSA) is 76.0 Å². The maximum Gasteiger partial charge on any atom is 0.119 e. The van der Waals surface area contributed by atoms with Crippen LogP contribution in [0.4, 0.5) is 0 Å². The molecule has 23 heavy (non-hydrogen) atoms. The molecular formula is C18H36O5. The van der Waals surface area contributed by atoms with Crippen molar-refractivity contribution in [3.8, 4) is 0 Å². The molecule has 0 aliphatic rings. The van der Waals surface area contributed by atoms with E-state index < -0.39 is 6.10 Å². The number of hydrogen-bond donors (Lipinski definition) is 2. The van der Waals surface area contributed by atoms with Crippen LogP contribution in [0.1, 0.15) is 70.6 Å². The van der Waals surface area contributed by atoms with Crippen LogP contribution in [0.3, 0.4) is 0 Å². The Bertz CT molecular complexity index is 235. The molecular weight excluding hydrogens is 296 g/mol. The normalized spacial score (nSPS) is 12.4. The van der Waals surface area contributed by atoms with E-state index in [1.807, 2.05) is 0 Å². The van der Waals surface area contributed by atoms with Gasteiger partial charge in [-0.1, -0.05) is 38.5 Å². The second-order valence-electron chi connectivity index (χ2n) is 6.02. The number of carbonyl (C=O) groups is 1. The first kappa shape index (κ1) is 22.5. The van der Waals surface area contributed by atoms with Crippen LogP contribution in [0.25, 0.3) is 0 Å². The summed E-state index contributed by atoms with van der Waals surface area (Å²) in [6.07, 6.45) is 11.7. The van der Waals surface area contributed by atoms with Crippen LogP contribution >= 0.6 is 0 Å². The lowest BCUT2D eigenvalue weighted by Crippen LogP contribution is -2.22. The second kappa shape index (κ2) is 19.6. The van der Waals surface area contributed by atoms with Crippen molar-refractivity contribution in [2.24, 2.45) is 0 Å². The Morgan fingerprint density at radius 2 is 1.22 bits per heavy atom. The van der Waals surface area contributed by atoms with E-state index in [-0.39, 0.29) is 6.61 Å². The van der Waals surface area contributed by atoms with Gasteiger partial charge >= 0.3 is 0 Å². The summed E-state index contributed by atoms with van der Waals surface area (Å²) < 4.78 is 10.8. The fourth-order valence-corrected chi connectivity index (χ4v) is 2.30. The SMILES string of the molecule is O=CCCCCCCCCOCC(O)COCCCCCCO. The Labute approximate surface area is 141 Å². The lowest BCUT2D eigenvalue weighted by atomic mass is 10.1. The first-order valence-corrected chi connectivity index (χ1v) is 9.19. The largest absolute Gasteiger partial charge is 0.396 e. The van der Waals surface area contributed by atoms with Gasteiger partial charge in [0.1, 0.15) is 12.4 Å². The van der Waals surface area contributed by atoms with Gasteiger partial charge in [-0.15, -0.1) is 0 Å². The minimum Gasteiger partial charge on any atom is -0.396 e. The van der Waals surface area contributed by atoms with Crippen LogP contribution in [0.5, 0.6) is 0 Å². The average molecular weight is 332 g/mol. The monoisotopic (exact) mass is 332 g/mol. The number of rotatable bonds is 19. The molecule has 0 rings (SSSR count). The van der Waals surface area contributed by atoms with Crippen molar-refractivity contribution in [1.82, 2.24) is 0 Å². The Morgan fingerprint density at radius 3 is 1.74 bits per heavy atom. The molecule has 0 fully saturated rings. The van der Waals surface area contributed by atoms with Crippen molar-refractivity contribution in [3.05, 3.63) is 0 Å². The third kappa shape index (κ3) is 19.5. The zero-order valence-electron chi connectivity index (χ0n) is 14.6. The molecule has 0 heterocycles. The maximum absolute atomic E-state index is 10.1. The Balaban J connectivity index is 3.12. The van der Waals surface area contributed by atoms with E-state index in [1.54, 1.807) is 0 Å². The van der Waals surface area contributed by atoms with Crippen molar-refractivity contribution in [3.63, 3.8) is 0 Å². The maximum atomic E-state index is 10.1. The Kier molecular flexibility index (Phi) is 19.1. The van der Waals surface area contributed by atoms with Gasteiger partial charge < -0.3 is 24.5 Å². The Hall–Kier alpha value is -0.490. The van der Waals surface area contributed by atoms with Gasteiger partial charge in [0, 0.05) is 26.2 Å². The van der Waals surface area contributed by atoms with E-state index in [0.29, 0.717) is 32.8 Å². The molecule has 0 saturated heterocycles. The summed E-state index contributed by atoms with van der Waals surface area (Å²) in [6.45, 7) is 2.27. The summed E-state index contributed by atoms with van der Waals surface area (Å²) in [5, 5.41) is 18.3. The molecule has 0 aliphatic carbocycles. The molecule has 0 aromatic rings. The van der Waals surface area contributed by atoms with Crippen molar-refractivity contribution >= 4 is 6.29 Å². The van der Waals surface area contributed by atoms with Crippen LogP contribution in [-0.4, -0.2) is 55.6 Å². The third-order valence-corrected chi connectivity index (χ3v) is 3.68. The van der Waals surface area contributed by atoms with Crippen molar-refractivity contribution in [2.45, 2.75) is 76.7 Å². The van der Waals surface area contributed by atoms with Crippen molar-refractivity contribution in [2.75, 3.05) is 33.0 Å². The quantitative estimate of drug-likeness (QED) is 0.281. The molecule has 5 heteroatoms. The van der Waals surface area contributed by atoms with E-state index in [2.05, 4.69) is 0 Å². The highest BCUT2D eigenvalue weighted by molar-refractivity contribution is 5.48. The lowest BCUT2D eigenvalue weighted by Gasteiger charge is -2.12. The van der Waals surface area contributed by atoms with Crippen molar-refractivity contribution in [1.29, 1.82) is 0 Å². The number of hydrogen-bond acceptors (Lipinski definition) is 5. The van der Waals surface area contributed by atoms with Gasteiger partial charge in [-0.3, -0.25) is 0 Å². The molecule has 0 radical (unpaired) electrons.